The summed E-state index contributed by atoms with van der Waals surface area (Å²) in [6.45, 7) is 0. The average Bonchev–Trinajstić information content (AvgIpc) is 2.87. The van der Waals surface area contributed by atoms with Gasteiger partial charge in [-0.05, 0) is 30.9 Å². The molecule has 3 rings (SSSR count). The molecule has 128 valence electrons. The first-order valence-corrected chi connectivity index (χ1v) is 7.88. The number of carbonyl (C=O) groups excluding carboxylic acids is 1. The van der Waals surface area contributed by atoms with Crippen LogP contribution in [0.15, 0.2) is 18.2 Å². The molecule has 1 heterocycles. The fourth-order valence-corrected chi connectivity index (χ4v) is 3.33. The van der Waals surface area contributed by atoms with Gasteiger partial charge in [-0.25, -0.2) is 4.79 Å². The van der Waals surface area contributed by atoms with E-state index in [0.29, 0.717) is 18.4 Å². The minimum absolute atomic E-state index is 0.0101. The van der Waals surface area contributed by atoms with Gasteiger partial charge in [-0.15, -0.1) is 0 Å². The lowest BCUT2D eigenvalue weighted by atomic mass is 9.72. The summed E-state index contributed by atoms with van der Waals surface area (Å²) < 4.78 is 5.35. The number of carbonyl (C=O) groups is 2. The first-order valence-electron chi connectivity index (χ1n) is 7.88. The van der Waals surface area contributed by atoms with Gasteiger partial charge in [-0.2, -0.15) is 0 Å². The first kappa shape index (κ1) is 16.8. The van der Waals surface area contributed by atoms with E-state index in [2.05, 4.69) is 5.32 Å². The molecule has 3 atom stereocenters. The second kappa shape index (κ2) is 6.42. The van der Waals surface area contributed by atoms with Crippen molar-refractivity contribution in [2.45, 2.75) is 37.3 Å². The van der Waals surface area contributed by atoms with Gasteiger partial charge >= 0.3 is 13.1 Å². The number of benzene rings is 1. The Labute approximate surface area is 139 Å². The standard InChI is InChI=1S/C15H20BN3O5/c17-10-4-8(5-11(10)18)14(20)19-12-6-7-2-1-3-9(15(21)22)13(7)24-16(12)23/h1-3,8,10-12,23H,4-6,17-18H2,(H,19,20)(H,21,22)/t10-,11-,12-/m0/s1. The molecule has 0 radical (unpaired) electrons. The lowest BCUT2D eigenvalue weighted by Crippen LogP contribution is -2.54. The Kier molecular flexibility index (Phi) is 4.48. The lowest BCUT2D eigenvalue weighted by molar-refractivity contribution is -0.125. The number of carboxylic acid groups (broad SMARTS) is 1. The van der Waals surface area contributed by atoms with Gasteiger partial charge in [0.2, 0.25) is 5.91 Å². The molecule has 1 aromatic carbocycles. The normalized spacial score (nSPS) is 26.6. The van der Waals surface area contributed by atoms with Crippen LogP contribution in [-0.4, -0.2) is 47.2 Å². The second-order valence-electron chi connectivity index (χ2n) is 6.42. The maximum atomic E-state index is 12.4. The maximum absolute atomic E-state index is 12.4. The summed E-state index contributed by atoms with van der Waals surface area (Å²) in [7, 11) is -1.31. The SMILES string of the molecule is N[C@H]1CC(C(=O)N[C@H]2Cc3cccc(C(=O)O)c3OB2O)C[C@@H]1N. The van der Waals surface area contributed by atoms with Crippen molar-refractivity contribution in [2.24, 2.45) is 17.4 Å². The third kappa shape index (κ3) is 3.10. The highest BCUT2D eigenvalue weighted by Crippen LogP contribution is 2.30. The van der Waals surface area contributed by atoms with Crippen LogP contribution in [0.3, 0.4) is 0 Å². The van der Waals surface area contributed by atoms with Gasteiger partial charge in [-0.3, -0.25) is 4.79 Å². The predicted molar refractivity (Wildman–Crippen MR) is 86.3 cm³/mol. The first-order chi connectivity index (χ1) is 11.4. The summed E-state index contributed by atoms with van der Waals surface area (Å²) in [4.78, 5) is 23.6. The van der Waals surface area contributed by atoms with E-state index in [4.69, 9.17) is 16.1 Å². The molecule has 7 N–H and O–H groups in total. The van der Waals surface area contributed by atoms with Crippen molar-refractivity contribution in [3.8, 4) is 5.75 Å². The van der Waals surface area contributed by atoms with Crippen molar-refractivity contribution < 1.29 is 24.4 Å². The quantitative estimate of drug-likeness (QED) is 0.440. The molecule has 1 fully saturated rings. The lowest BCUT2D eigenvalue weighted by Gasteiger charge is -2.29. The van der Waals surface area contributed by atoms with E-state index >= 15 is 0 Å². The number of rotatable bonds is 3. The number of aromatic carboxylic acids is 1. The molecule has 1 aromatic rings. The molecule has 0 bridgehead atoms. The van der Waals surface area contributed by atoms with E-state index in [-0.39, 0.29) is 41.6 Å². The van der Waals surface area contributed by atoms with E-state index in [1.54, 1.807) is 12.1 Å². The van der Waals surface area contributed by atoms with Gasteiger partial charge in [0, 0.05) is 18.0 Å². The number of hydrogen-bond donors (Lipinski definition) is 5. The summed E-state index contributed by atoms with van der Waals surface area (Å²) >= 11 is 0. The van der Waals surface area contributed by atoms with Gasteiger partial charge in [0.1, 0.15) is 5.75 Å². The van der Waals surface area contributed by atoms with Crippen molar-refractivity contribution in [3.05, 3.63) is 29.3 Å². The third-order valence-electron chi connectivity index (χ3n) is 4.71. The Balaban J connectivity index is 1.72. The molecule has 1 amide bonds. The molecular formula is C15H20BN3O5. The van der Waals surface area contributed by atoms with Gasteiger partial charge in [0.05, 0.1) is 11.5 Å². The Hall–Kier alpha value is -2.10. The molecule has 1 aliphatic heterocycles. The van der Waals surface area contributed by atoms with Crippen LogP contribution in [0.4, 0.5) is 0 Å². The highest BCUT2D eigenvalue weighted by Gasteiger charge is 2.40. The van der Waals surface area contributed by atoms with Crippen LogP contribution in [-0.2, 0) is 11.2 Å². The zero-order chi connectivity index (χ0) is 17.4. The van der Waals surface area contributed by atoms with Crippen LogP contribution < -0.4 is 21.4 Å². The third-order valence-corrected chi connectivity index (χ3v) is 4.71. The molecule has 2 aliphatic rings. The molecule has 0 saturated heterocycles. The number of para-hydroxylation sites is 1. The smallest absolute Gasteiger partial charge is 0.534 e. The Morgan fingerprint density at radius 3 is 2.54 bits per heavy atom. The van der Waals surface area contributed by atoms with Crippen molar-refractivity contribution in [1.29, 1.82) is 0 Å². The Bertz CT molecular complexity index is 661. The predicted octanol–water partition coefficient (Wildman–Crippen LogP) is -1.11. The number of hydrogen-bond acceptors (Lipinski definition) is 6. The zero-order valence-electron chi connectivity index (χ0n) is 13.0. The van der Waals surface area contributed by atoms with Crippen molar-refractivity contribution in [3.63, 3.8) is 0 Å². The summed E-state index contributed by atoms with van der Waals surface area (Å²) in [6.07, 6.45) is 1.31. The van der Waals surface area contributed by atoms with Gasteiger partial charge < -0.3 is 31.6 Å². The van der Waals surface area contributed by atoms with Crippen LogP contribution in [0.25, 0.3) is 0 Å². The van der Waals surface area contributed by atoms with E-state index in [0.717, 1.165) is 0 Å². The molecule has 1 saturated carbocycles. The van der Waals surface area contributed by atoms with Crippen molar-refractivity contribution in [2.75, 3.05) is 0 Å². The van der Waals surface area contributed by atoms with Gasteiger partial charge in [-0.1, -0.05) is 12.1 Å². The number of fused-ring (bicyclic) bond motifs is 1. The largest absolute Gasteiger partial charge is 0.547 e. The number of carboxylic acids is 1. The topological polar surface area (TPSA) is 148 Å². The fourth-order valence-electron chi connectivity index (χ4n) is 3.33. The summed E-state index contributed by atoms with van der Waals surface area (Å²) in [6, 6.07) is 4.33. The Morgan fingerprint density at radius 2 is 1.92 bits per heavy atom. The van der Waals surface area contributed by atoms with Crippen molar-refractivity contribution >= 4 is 19.0 Å². The molecule has 0 aromatic heterocycles. The minimum atomic E-state index is -1.31. The van der Waals surface area contributed by atoms with Crippen LogP contribution in [0.2, 0.25) is 0 Å². The van der Waals surface area contributed by atoms with E-state index < -0.39 is 19.0 Å². The summed E-state index contributed by atoms with van der Waals surface area (Å²) in [5.41, 5.74) is 12.3. The molecule has 0 spiro atoms. The van der Waals surface area contributed by atoms with Crippen LogP contribution in [0, 0.1) is 5.92 Å². The van der Waals surface area contributed by atoms with Crippen LogP contribution in [0.5, 0.6) is 5.75 Å². The molecule has 1 aliphatic carbocycles. The highest BCUT2D eigenvalue weighted by molar-refractivity contribution is 6.47. The number of amides is 1. The Morgan fingerprint density at radius 1 is 1.25 bits per heavy atom. The number of nitrogens with one attached hydrogen (secondary N) is 1. The monoisotopic (exact) mass is 333 g/mol. The van der Waals surface area contributed by atoms with E-state index in [1.807, 2.05) is 0 Å². The fraction of sp³-hybridized carbons (Fsp3) is 0.467. The van der Waals surface area contributed by atoms with E-state index in [9.17, 15) is 19.7 Å². The average molecular weight is 333 g/mol. The maximum Gasteiger partial charge on any atom is 0.547 e. The summed E-state index contributed by atoms with van der Waals surface area (Å²) in [5.74, 6) is -2.14. The van der Waals surface area contributed by atoms with Gasteiger partial charge in [0.15, 0.2) is 0 Å². The van der Waals surface area contributed by atoms with Crippen LogP contribution in [0.1, 0.15) is 28.8 Å². The minimum Gasteiger partial charge on any atom is -0.534 e. The molecule has 8 nitrogen and oxygen atoms in total. The molecular weight excluding hydrogens is 313 g/mol. The van der Waals surface area contributed by atoms with Crippen molar-refractivity contribution in [1.82, 2.24) is 5.32 Å². The number of nitrogens with two attached hydrogens (primary N) is 2. The summed E-state index contributed by atoms with van der Waals surface area (Å²) in [5, 5.41) is 22.1. The van der Waals surface area contributed by atoms with Crippen LogP contribution >= 0.6 is 0 Å². The van der Waals surface area contributed by atoms with Gasteiger partial charge in [0.25, 0.3) is 0 Å². The molecule has 0 unspecified atom stereocenters. The molecule has 9 heteroatoms. The molecule has 24 heavy (non-hydrogen) atoms. The highest BCUT2D eigenvalue weighted by atomic mass is 16.5. The zero-order valence-corrected chi connectivity index (χ0v) is 13.0. The van der Waals surface area contributed by atoms with E-state index in [1.165, 1.54) is 6.07 Å². The second-order valence-corrected chi connectivity index (χ2v) is 6.42.